The molecule has 0 aliphatic carbocycles. The van der Waals surface area contributed by atoms with Crippen LogP contribution in [0.4, 0.5) is 0 Å². The Balaban J connectivity index is 0.00000492. The molecule has 0 spiro atoms. The minimum atomic E-state index is 0. The van der Waals surface area contributed by atoms with Gasteiger partial charge in [-0.25, -0.2) is 0 Å². The van der Waals surface area contributed by atoms with E-state index in [1.54, 1.807) is 0 Å². The number of fused-ring (bicyclic) bond motifs is 10. The van der Waals surface area contributed by atoms with Crippen LogP contribution in [0.3, 0.4) is 0 Å². The standard InChI is InChI=1S/C70H50.CH4/c1-41-36-49(70(3,4)5)37-42(2)60(41)48-33-32-47-38-57-63-52(56(47)39-48)28-18-31-55(63)68-61(45-24-14-8-15-25-45)58-40-59-64-53(29-19-30-54(64)67(58)62(69(57)68)46-26-16-9-17-27-46)65-50(43-20-10-6-11-21-43)34-35-51(66(59)65)44-22-12-7-13-23-44;/h6-40H,1-5H3;1H4. The van der Waals surface area contributed by atoms with Crippen LogP contribution in [0.1, 0.15) is 44.9 Å². The van der Waals surface area contributed by atoms with E-state index in [0.717, 1.165) is 0 Å². The van der Waals surface area contributed by atoms with Gasteiger partial charge in [-0.05, 0) is 196 Å². The first-order valence-electron chi connectivity index (χ1n) is 24.8. The van der Waals surface area contributed by atoms with Crippen molar-refractivity contribution in [2.45, 2.75) is 47.5 Å². The van der Waals surface area contributed by atoms with Gasteiger partial charge in [0.15, 0.2) is 0 Å². The molecule has 0 unspecified atom stereocenters. The Hall–Kier alpha value is -8.32. The summed E-state index contributed by atoms with van der Waals surface area (Å²) in [4.78, 5) is 0. The van der Waals surface area contributed by atoms with Gasteiger partial charge in [-0.1, -0.05) is 222 Å². The van der Waals surface area contributed by atoms with Gasteiger partial charge in [0, 0.05) is 0 Å². The zero-order valence-corrected chi connectivity index (χ0v) is 40.2. The van der Waals surface area contributed by atoms with E-state index in [2.05, 4.69) is 247 Å². The third kappa shape index (κ3) is 6.24. The van der Waals surface area contributed by atoms with Crippen molar-refractivity contribution in [3.63, 3.8) is 0 Å². The van der Waals surface area contributed by atoms with E-state index in [0.29, 0.717) is 0 Å². The van der Waals surface area contributed by atoms with Crippen molar-refractivity contribution >= 4 is 86.2 Å². The largest absolute Gasteiger partial charge is 0.0776 e. The van der Waals surface area contributed by atoms with Crippen LogP contribution in [0, 0.1) is 13.8 Å². The molecular weight excluding hydrogens is 853 g/mol. The van der Waals surface area contributed by atoms with E-state index in [4.69, 9.17) is 0 Å². The lowest BCUT2D eigenvalue weighted by Gasteiger charge is -2.22. The van der Waals surface area contributed by atoms with Crippen molar-refractivity contribution in [3.05, 3.63) is 229 Å². The summed E-state index contributed by atoms with van der Waals surface area (Å²) < 4.78 is 0. The lowest BCUT2D eigenvalue weighted by molar-refractivity contribution is 0.589. The minimum Gasteiger partial charge on any atom is -0.0776 e. The van der Waals surface area contributed by atoms with E-state index < -0.39 is 0 Å². The molecule has 0 saturated carbocycles. The molecule has 0 saturated heterocycles. The van der Waals surface area contributed by atoms with Gasteiger partial charge in [0.25, 0.3) is 0 Å². The smallest absolute Gasteiger partial charge is 0.000697 e. The zero-order valence-electron chi connectivity index (χ0n) is 40.2. The Morgan fingerprint density at radius 3 is 1.28 bits per heavy atom. The first kappa shape index (κ1) is 42.8. The Morgan fingerprint density at radius 2 is 0.718 bits per heavy atom. The molecule has 0 radical (unpaired) electrons. The topological polar surface area (TPSA) is 0 Å². The minimum absolute atomic E-state index is 0. The van der Waals surface area contributed by atoms with Crippen molar-refractivity contribution in [3.8, 4) is 55.6 Å². The Labute approximate surface area is 416 Å². The van der Waals surface area contributed by atoms with Gasteiger partial charge in [0.05, 0.1) is 0 Å². The second kappa shape index (κ2) is 15.9. The summed E-state index contributed by atoms with van der Waals surface area (Å²) in [5, 5.41) is 20.9. The van der Waals surface area contributed by atoms with Crippen molar-refractivity contribution in [1.82, 2.24) is 0 Å². The first-order chi connectivity index (χ1) is 34.2. The second-order valence-electron chi connectivity index (χ2n) is 20.8. The quantitative estimate of drug-likeness (QED) is 0.151. The molecule has 338 valence electrons. The lowest BCUT2D eigenvalue weighted by atomic mass is 9.82. The molecule has 0 bridgehead atoms. The molecule has 71 heavy (non-hydrogen) atoms. The van der Waals surface area contributed by atoms with Gasteiger partial charge in [-0.3, -0.25) is 0 Å². The molecule has 0 fully saturated rings. The molecule has 0 aliphatic heterocycles. The number of benzene rings is 12. The molecule has 14 aromatic carbocycles. The fourth-order valence-electron chi connectivity index (χ4n) is 12.7. The van der Waals surface area contributed by atoms with E-state index >= 15 is 0 Å². The average Bonchev–Trinajstić information content (AvgIpc) is 3.90. The normalized spacial score (nSPS) is 12.2. The van der Waals surface area contributed by atoms with Crippen LogP contribution in [0.25, 0.3) is 142 Å². The zero-order chi connectivity index (χ0) is 47.0. The highest BCUT2D eigenvalue weighted by molar-refractivity contribution is 6.47. The summed E-state index contributed by atoms with van der Waals surface area (Å²) in [6.45, 7) is 11.5. The Bertz CT molecular complexity index is 4380. The molecule has 0 aliphatic rings. The summed E-state index contributed by atoms with van der Waals surface area (Å²) in [6.07, 6.45) is 0. The highest BCUT2D eigenvalue weighted by atomic mass is 14.3. The maximum absolute atomic E-state index is 2.59. The molecule has 0 N–H and O–H groups in total. The third-order valence-electron chi connectivity index (χ3n) is 15.7. The maximum Gasteiger partial charge on any atom is -0.000697 e. The molecule has 14 aromatic rings. The van der Waals surface area contributed by atoms with Crippen LogP contribution in [-0.4, -0.2) is 0 Å². The predicted molar refractivity (Wildman–Crippen MR) is 311 cm³/mol. The SMILES string of the molecule is C.Cc1cc(C(C)(C)C)cc(C)c1-c1ccc2cc3c4c(-c5ccccc5)c5c(cc6c7c(-c8ccccc8)ccc(-c8ccccc8)c7c7cccc5c76)c(-c5ccccc5)c4c4cccc(c2c1)c43. The highest BCUT2D eigenvalue weighted by Gasteiger charge is 2.28. The van der Waals surface area contributed by atoms with Crippen molar-refractivity contribution < 1.29 is 0 Å². The fraction of sp³-hybridized carbons (Fsp3) is 0.0986. The summed E-state index contributed by atoms with van der Waals surface area (Å²) in [5.74, 6) is 0. The Morgan fingerprint density at radius 1 is 0.268 bits per heavy atom. The van der Waals surface area contributed by atoms with E-state index in [1.807, 2.05) is 0 Å². The predicted octanol–water partition coefficient (Wildman–Crippen LogP) is 20.7. The van der Waals surface area contributed by atoms with Gasteiger partial charge >= 0.3 is 0 Å². The van der Waals surface area contributed by atoms with Crippen LogP contribution in [0.5, 0.6) is 0 Å². The molecule has 0 amide bonds. The number of aryl methyl sites for hydroxylation is 2. The lowest BCUT2D eigenvalue weighted by Crippen LogP contribution is -2.12. The molecule has 0 nitrogen and oxygen atoms in total. The Kier molecular flexibility index (Phi) is 9.55. The van der Waals surface area contributed by atoms with Crippen molar-refractivity contribution in [2.75, 3.05) is 0 Å². The summed E-state index contributed by atoms with van der Waals surface area (Å²) in [6, 6.07) is 80.4. The van der Waals surface area contributed by atoms with E-state index in [-0.39, 0.29) is 12.8 Å². The van der Waals surface area contributed by atoms with Gasteiger partial charge in [0.1, 0.15) is 0 Å². The molecule has 0 heteroatoms. The first-order valence-corrected chi connectivity index (χ1v) is 24.8. The summed E-state index contributed by atoms with van der Waals surface area (Å²) >= 11 is 0. The molecular formula is C71H54. The molecule has 0 heterocycles. The molecule has 14 rings (SSSR count). The monoisotopic (exact) mass is 906 g/mol. The summed E-state index contributed by atoms with van der Waals surface area (Å²) in [5.41, 5.74) is 16.8. The van der Waals surface area contributed by atoms with Crippen LogP contribution >= 0.6 is 0 Å². The van der Waals surface area contributed by atoms with Gasteiger partial charge in [-0.15, -0.1) is 0 Å². The number of hydrogen-bond acceptors (Lipinski definition) is 0. The highest BCUT2D eigenvalue weighted by Crippen LogP contribution is 2.56. The molecule has 0 atom stereocenters. The van der Waals surface area contributed by atoms with Crippen molar-refractivity contribution in [1.29, 1.82) is 0 Å². The van der Waals surface area contributed by atoms with Crippen LogP contribution in [0.2, 0.25) is 0 Å². The summed E-state index contributed by atoms with van der Waals surface area (Å²) in [7, 11) is 0. The average molecular weight is 907 g/mol. The van der Waals surface area contributed by atoms with Crippen LogP contribution in [0.15, 0.2) is 212 Å². The maximum atomic E-state index is 2.59. The van der Waals surface area contributed by atoms with E-state index in [9.17, 15) is 0 Å². The van der Waals surface area contributed by atoms with Gasteiger partial charge < -0.3 is 0 Å². The van der Waals surface area contributed by atoms with E-state index in [1.165, 1.54) is 159 Å². The fourth-order valence-corrected chi connectivity index (χ4v) is 12.7. The molecule has 0 aromatic heterocycles. The van der Waals surface area contributed by atoms with Crippen LogP contribution < -0.4 is 0 Å². The third-order valence-corrected chi connectivity index (χ3v) is 15.7. The van der Waals surface area contributed by atoms with Crippen LogP contribution in [-0.2, 0) is 5.41 Å². The van der Waals surface area contributed by atoms with Crippen molar-refractivity contribution in [2.24, 2.45) is 0 Å². The van der Waals surface area contributed by atoms with Gasteiger partial charge in [0.2, 0.25) is 0 Å². The van der Waals surface area contributed by atoms with Gasteiger partial charge in [-0.2, -0.15) is 0 Å². The second-order valence-corrected chi connectivity index (χ2v) is 20.8. The number of hydrogen-bond donors (Lipinski definition) is 0. The number of rotatable bonds is 5.